The number of nitrogens with zero attached hydrogens (tertiary/aromatic N) is 1. The van der Waals surface area contributed by atoms with Gasteiger partial charge in [0.1, 0.15) is 0 Å². The summed E-state index contributed by atoms with van der Waals surface area (Å²) in [6.45, 7) is 9.88. The Morgan fingerprint density at radius 3 is 2.60 bits per heavy atom. The van der Waals surface area contributed by atoms with Gasteiger partial charge in [-0.2, -0.15) is 0 Å². The van der Waals surface area contributed by atoms with Gasteiger partial charge >= 0.3 is 0 Å². The van der Waals surface area contributed by atoms with E-state index in [1.165, 1.54) is 45.4 Å². The van der Waals surface area contributed by atoms with Gasteiger partial charge in [-0.15, -0.1) is 0 Å². The first kappa shape index (κ1) is 11.4. The van der Waals surface area contributed by atoms with Crippen molar-refractivity contribution < 1.29 is 0 Å². The minimum absolute atomic E-state index is 0.657. The maximum absolute atomic E-state index is 3.51. The van der Waals surface area contributed by atoms with Crippen molar-refractivity contribution in [3.8, 4) is 0 Å². The van der Waals surface area contributed by atoms with Crippen molar-refractivity contribution in [3.05, 3.63) is 0 Å². The van der Waals surface area contributed by atoms with Crippen molar-refractivity contribution >= 4 is 0 Å². The largest absolute Gasteiger partial charge is 0.317 e. The molecule has 15 heavy (non-hydrogen) atoms. The lowest BCUT2D eigenvalue weighted by atomic mass is 9.69. The van der Waals surface area contributed by atoms with Gasteiger partial charge in [-0.05, 0) is 56.7 Å². The second-order valence-corrected chi connectivity index (χ2v) is 6.14. The van der Waals surface area contributed by atoms with Crippen LogP contribution in [0.15, 0.2) is 0 Å². The third kappa shape index (κ3) is 2.36. The summed E-state index contributed by atoms with van der Waals surface area (Å²) in [6.07, 6.45) is 4.22. The molecule has 0 bridgehead atoms. The quantitative estimate of drug-likeness (QED) is 0.749. The Bertz CT molecular complexity index is 207. The minimum Gasteiger partial charge on any atom is -0.317 e. The predicted molar refractivity (Wildman–Crippen MR) is 65.0 cm³/mol. The summed E-state index contributed by atoms with van der Waals surface area (Å²) in [5, 5.41) is 3.51. The monoisotopic (exact) mass is 210 g/mol. The standard InChI is InChI=1S/C13H26N2/c1-11(2)8-12-9-15(3)10-13(12)4-6-14-7-5-13/h11-12,14H,4-10H2,1-3H3. The number of hydrogen-bond acceptors (Lipinski definition) is 2. The van der Waals surface area contributed by atoms with E-state index in [4.69, 9.17) is 0 Å². The first-order chi connectivity index (χ1) is 7.12. The van der Waals surface area contributed by atoms with Crippen molar-refractivity contribution in [1.82, 2.24) is 10.2 Å². The molecule has 0 saturated carbocycles. The average molecular weight is 210 g/mol. The van der Waals surface area contributed by atoms with Gasteiger partial charge in [0.15, 0.2) is 0 Å². The van der Waals surface area contributed by atoms with E-state index in [-0.39, 0.29) is 0 Å². The van der Waals surface area contributed by atoms with E-state index in [2.05, 4.69) is 31.1 Å². The molecule has 0 aromatic rings. The number of likely N-dealkylation sites (tertiary alicyclic amines) is 1. The van der Waals surface area contributed by atoms with Crippen LogP contribution in [-0.2, 0) is 0 Å². The molecule has 0 aromatic heterocycles. The molecule has 1 unspecified atom stereocenters. The van der Waals surface area contributed by atoms with E-state index >= 15 is 0 Å². The van der Waals surface area contributed by atoms with Gasteiger partial charge in [-0.25, -0.2) is 0 Å². The molecule has 1 N–H and O–H groups in total. The smallest absolute Gasteiger partial charge is 0.00391 e. The molecule has 2 aliphatic heterocycles. The van der Waals surface area contributed by atoms with Gasteiger partial charge in [-0.1, -0.05) is 13.8 Å². The SMILES string of the molecule is CC(C)CC1CN(C)CC12CCNCC2. The molecule has 2 rings (SSSR count). The molecular weight excluding hydrogens is 184 g/mol. The Morgan fingerprint density at radius 2 is 2.00 bits per heavy atom. The van der Waals surface area contributed by atoms with Gasteiger partial charge in [0.25, 0.3) is 0 Å². The molecule has 0 amide bonds. The van der Waals surface area contributed by atoms with Gasteiger partial charge in [0.2, 0.25) is 0 Å². The highest BCUT2D eigenvalue weighted by atomic mass is 15.1. The highest BCUT2D eigenvalue weighted by Crippen LogP contribution is 2.45. The van der Waals surface area contributed by atoms with Crippen LogP contribution in [0.1, 0.15) is 33.1 Å². The van der Waals surface area contributed by atoms with Crippen LogP contribution in [-0.4, -0.2) is 38.1 Å². The molecule has 88 valence electrons. The van der Waals surface area contributed by atoms with E-state index in [0.29, 0.717) is 5.41 Å². The number of nitrogens with one attached hydrogen (secondary N) is 1. The summed E-state index contributed by atoms with van der Waals surface area (Å²) in [6, 6.07) is 0. The van der Waals surface area contributed by atoms with Crippen LogP contribution in [0.4, 0.5) is 0 Å². The molecule has 2 heteroatoms. The first-order valence-corrected chi connectivity index (χ1v) is 6.52. The fourth-order valence-electron chi connectivity index (χ4n) is 3.69. The van der Waals surface area contributed by atoms with Gasteiger partial charge in [0, 0.05) is 13.1 Å². The lowest BCUT2D eigenvalue weighted by Gasteiger charge is -2.39. The summed E-state index contributed by atoms with van der Waals surface area (Å²) >= 11 is 0. The van der Waals surface area contributed by atoms with Gasteiger partial charge in [0.05, 0.1) is 0 Å². The second kappa shape index (κ2) is 4.42. The Labute approximate surface area is 94.4 Å². The Kier molecular flexibility index (Phi) is 3.36. The first-order valence-electron chi connectivity index (χ1n) is 6.52. The van der Waals surface area contributed by atoms with Crippen molar-refractivity contribution in [3.63, 3.8) is 0 Å². The molecule has 0 aliphatic carbocycles. The average Bonchev–Trinajstić information content (AvgIpc) is 2.43. The second-order valence-electron chi connectivity index (χ2n) is 6.14. The Morgan fingerprint density at radius 1 is 1.33 bits per heavy atom. The third-order valence-electron chi connectivity index (χ3n) is 4.34. The lowest BCUT2D eigenvalue weighted by molar-refractivity contribution is 0.137. The highest BCUT2D eigenvalue weighted by molar-refractivity contribution is 4.98. The van der Waals surface area contributed by atoms with Crippen LogP contribution in [0, 0.1) is 17.3 Å². The molecule has 2 aliphatic rings. The van der Waals surface area contributed by atoms with Crippen LogP contribution >= 0.6 is 0 Å². The fourth-order valence-corrected chi connectivity index (χ4v) is 3.69. The number of piperidine rings is 1. The Hall–Kier alpha value is -0.0800. The zero-order chi connectivity index (χ0) is 10.9. The zero-order valence-electron chi connectivity index (χ0n) is 10.6. The van der Waals surface area contributed by atoms with Gasteiger partial charge < -0.3 is 10.2 Å². The van der Waals surface area contributed by atoms with Crippen molar-refractivity contribution in [2.24, 2.45) is 17.3 Å². The molecule has 1 spiro atoms. The van der Waals surface area contributed by atoms with Crippen LogP contribution < -0.4 is 5.32 Å². The molecule has 0 aromatic carbocycles. The maximum atomic E-state index is 3.51. The van der Waals surface area contributed by atoms with E-state index in [1.54, 1.807) is 0 Å². The van der Waals surface area contributed by atoms with E-state index < -0.39 is 0 Å². The summed E-state index contributed by atoms with van der Waals surface area (Å²) in [5.41, 5.74) is 0.657. The summed E-state index contributed by atoms with van der Waals surface area (Å²) in [7, 11) is 2.30. The van der Waals surface area contributed by atoms with Crippen LogP contribution in [0.25, 0.3) is 0 Å². The summed E-state index contributed by atoms with van der Waals surface area (Å²) in [5.74, 6) is 1.80. The molecule has 1 atom stereocenters. The van der Waals surface area contributed by atoms with Crippen molar-refractivity contribution in [2.45, 2.75) is 33.1 Å². The Balaban J connectivity index is 2.05. The van der Waals surface area contributed by atoms with Crippen molar-refractivity contribution in [2.75, 3.05) is 33.2 Å². The zero-order valence-corrected chi connectivity index (χ0v) is 10.6. The van der Waals surface area contributed by atoms with Crippen LogP contribution in [0.2, 0.25) is 0 Å². The summed E-state index contributed by atoms with van der Waals surface area (Å²) < 4.78 is 0. The molecular formula is C13H26N2. The molecule has 2 heterocycles. The third-order valence-corrected chi connectivity index (χ3v) is 4.34. The van der Waals surface area contributed by atoms with Gasteiger partial charge in [-0.3, -0.25) is 0 Å². The predicted octanol–water partition coefficient (Wildman–Crippen LogP) is 1.96. The van der Waals surface area contributed by atoms with Crippen LogP contribution in [0.3, 0.4) is 0 Å². The molecule has 0 radical (unpaired) electrons. The minimum atomic E-state index is 0.657. The maximum Gasteiger partial charge on any atom is 0.00391 e. The molecule has 2 saturated heterocycles. The number of rotatable bonds is 2. The molecule has 2 nitrogen and oxygen atoms in total. The number of hydrogen-bond donors (Lipinski definition) is 1. The molecule has 2 fully saturated rings. The normalized spacial score (nSPS) is 31.6. The van der Waals surface area contributed by atoms with E-state index in [1.807, 2.05) is 0 Å². The highest BCUT2D eigenvalue weighted by Gasteiger charge is 2.45. The van der Waals surface area contributed by atoms with Crippen LogP contribution in [0.5, 0.6) is 0 Å². The summed E-state index contributed by atoms with van der Waals surface area (Å²) in [4.78, 5) is 2.55. The van der Waals surface area contributed by atoms with E-state index in [9.17, 15) is 0 Å². The lowest BCUT2D eigenvalue weighted by Crippen LogP contribution is -2.42. The topological polar surface area (TPSA) is 15.3 Å². The van der Waals surface area contributed by atoms with Crippen molar-refractivity contribution in [1.29, 1.82) is 0 Å². The van der Waals surface area contributed by atoms with E-state index in [0.717, 1.165) is 11.8 Å². The fraction of sp³-hybridized carbons (Fsp3) is 1.00.